The number of carbonyl (C=O) groups is 3. The molecule has 4 aliphatic rings. The van der Waals surface area contributed by atoms with Crippen molar-refractivity contribution in [3.63, 3.8) is 0 Å². The lowest BCUT2D eigenvalue weighted by atomic mass is 9.73. The van der Waals surface area contributed by atoms with E-state index in [2.05, 4.69) is 17.4 Å². The summed E-state index contributed by atoms with van der Waals surface area (Å²) in [4.78, 5) is 41.2. The largest absolute Gasteiger partial charge is 0.479 e. The number of fused-ring (bicyclic) bond motifs is 4. The van der Waals surface area contributed by atoms with Crippen molar-refractivity contribution in [2.24, 2.45) is 5.92 Å². The Hall–Kier alpha value is -3.39. The van der Waals surface area contributed by atoms with Crippen LogP contribution in [-0.4, -0.2) is 78.2 Å². The summed E-state index contributed by atoms with van der Waals surface area (Å²) >= 11 is 0. The molecule has 0 aromatic heterocycles. The quantitative estimate of drug-likeness (QED) is 0.655. The molecule has 2 aromatic rings. The topological polar surface area (TPSA) is 99.2 Å². The fourth-order valence-electron chi connectivity index (χ4n) is 5.79. The van der Waals surface area contributed by atoms with Crippen LogP contribution >= 0.6 is 0 Å². The van der Waals surface area contributed by atoms with Crippen LogP contribution in [0, 0.1) is 5.92 Å². The van der Waals surface area contributed by atoms with Gasteiger partial charge in [0.2, 0.25) is 5.91 Å². The second-order valence-electron chi connectivity index (χ2n) is 9.84. The van der Waals surface area contributed by atoms with E-state index in [0.717, 1.165) is 22.3 Å². The molecule has 3 fully saturated rings. The molecule has 2 amide bonds. The van der Waals surface area contributed by atoms with Crippen LogP contribution in [0.1, 0.15) is 29.9 Å². The molecular weight excluding hydrogens is 434 g/mol. The van der Waals surface area contributed by atoms with Gasteiger partial charge in [0.25, 0.3) is 0 Å². The number of amides is 2. The van der Waals surface area contributed by atoms with E-state index < -0.39 is 23.6 Å². The predicted octanol–water partition coefficient (Wildman–Crippen LogP) is 2.53. The molecule has 2 aliphatic heterocycles. The number of likely N-dealkylation sites (N-methyl/N-ethyl adjacent to an activating group) is 1. The predicted molar refractivity (Wildman–Crippen MR) is 125 cm³/mol. The van der Waals surface area contributed by atoms with E-state index in [0.29, 0.717) is 19.4 Å². The maximum atomic E-state index is 13.3. The van der Waals surface area contributed by atoms with Gasteiger partial charge in [0.15, 0.2) is 0 Å². The van der Waals surface area contributed by atoms with Gasteiger partial charge in [0.05, 0.1) is 0 Å². The van der Waals surface area contributed by atoms with Crippen molar-refractivity contribution in [1.29, 1.82) is 0 Å². The van der Waals surface area contributed by atoms with Crippen molar-refractivity contribution in [2.75, 3.05) is 33.8 Å². The standard InChI is InChI=1S/C26H29N3O5/c1-28(2)14-22(23(30)29-13-16-11-26(29,12-16)24(31)32)27-25(33)34-15-21-19-9-5-3-7-17(19)18-8-4-6-10-20(18)21/h3-10,16,21-22H,11-15H2,1-2H3,(H,27,33)(H,31,32). The Labute approximate surface area is 198 Å². The van der Waals surface area contributed by atoms with Crippen LogP contribution in [0.15, 0.2) is 48.5 Å². The number of rotatable bonds is 7. The van der Waals surface area contributed by atoms with Gasteiger partial charge in [0, 0.05) is 19.0 Å². The van der Waals surface area contributed by atoms with Crippen LogP contribution < -0.4 is 5.32 Å². The summed E-state index contributed by atoms with van der Waals surface area (Å²) in [7, 11) is 3.60. The molecule has 6 rings (SSSR count). The summed E-state index contributed by atoms with van der Waals surface area (Å²) in [5.41, 5.74) is 3.37. The van der Waals surface area contributed by atoms with E-state index in [9.17, 15) is 19.5 Å². The zero-order valence-electron chi connectivity index (χ0n) is 19.4. The number of carboxylic acids is 1. The van der Waals surface area contributed by atoms with Gasteiger partial charge in [-0.2, -0.15) is 0 Å². The van der Waals surface area contributed by atoms with E-state index in [-0.39, 0.29) is 30.9 Å². The molecule has 2 saturated heterocycles. The molecule has 0 spiro atoms. The van der Waals surface area contributed by atoms with Crippen LogP contribution in [0.5, 0.6) is 0 Å². The van der Waals surface area contributed by atoms with Gasteiger partial charge in [-0.1, -0.05) is 48.5 Å². The Morgan fingerprint density at radius 3 is 2.24 bits per heavy atom. The van der Waals surface area contributed by atoms with Crippen LogP contribution in [0.25, 0.3) is 11.1 Å². The molecule has 34 heavy (non-hydrogen) atoms. The minimum absolute atomic E-state index is 0.0813. The Balaban J connectivity index is 1.28. The van der Waals surface area contributed by atoms with E-state index in [1.807, 2.05) is 36.4 Å². The van der Waals surface area contributed by atoms with E-state index in [1.165, 1.54) is 4.90 Å². The number of nitrogens with zero attached hydrogens (tertiary/aromatic N) is 2. The normalized spacial score (nSPS) is 23.1. The first-order valence-corrected chi connectivity index (χ1v) is 11.6. The number of nitrogens with one attached hydrogen (secondary N) is 1. The lowest BCUT2D eigenvalue weighted by Gasteiger charge is -2.39. The third-order valence-corrected chi connectivity index (χ3v) is 7.36. The van der Waals surface area contributed by atoms with Crippen LogP contribution in [0.4, 0.5) is 4.79 Å². The fourth-order valence-corrected chi connectivity index (χ4v) is 5.79. The molecule has 0 radical (unpaired) electrons. The smallest absolute Gasteiger partial charge is 0.407 e. The Bertz CT molecular complexity index is 1100. The maximum absolute atomic E-state index is 13.3. The van der Waals surface area contributed by atoms with Crippen molar-refractivity contribution >= 4 is 18.0 Å². The average molecular weight is 464 g/mol. The number of ether oxygens (including phenoxy) is 1. The molecule has 2 aromatic carbocycles. The molecule has 2 aliphatic carbocycles. The highest BCUT2D eigenvalue weighted by atomic mass is 16.5. The van der Waals surface area contributed by atoms with Gasteiger partial charge in [-0.25, -0.2) is 9.59 Å². The van der Waals surface area contributed by atoms with Crippen LogP contribution in [0.3, 0.4) is 0 Å². The summed E-state index contributed by atoms with van der Waals surface area (Å²) in [6.45, 7) is 0.814. The third-order valence-electron chi connectivity index (χ3n) is 7.36. The number of benzene rings is 2. The molecule has 1 unspecified atom stereocenters. The SMILES string of the molecule is CN(C)CC(NC(=O)OCC1c2ccccc2-c2ccccc21)C(=O)N1CC2CC1(C(=O)O)C2. The molecule has 1 saturated carbocycles. The van der Waals surface area contributed by atoms with Gasteiger partial charge in [0.1, 0.15) is 18.2 Å². The van der Waals surface area contributed by atoms with Crippen LogP contribution in [0.2, 0.25) is 0 Å². The van der Waals surface area contributed by atoms with E-state index >= 15 is 0 Å². The monoisotopic (exact) mass is 463 g/mol. The molecule has 2 bridgehead atoms. The van der Waals surface area contributed by atoms with Crippen molar-refractivity contribution in [3.05, 3.63) is 59.7 Å². The number of carbonyl (C=O) groups excluding carboxylic acids is 2. The van der Waals surface area contributed by atoms with Gasteiger partial charge in [-0.05, 0) is 55.1 Å². The third kappa shape index (κ3) is 3.62. The number of alkyl carbamates (subject to hydrolysis) is 1. The Morgan fingerprint density at radius 1 is 1.09 bits per heavy atom. The molecule has 2 N–H and O–H groups in total. The maximum Gasteiger partial charge on any atom is 0.407 e. The first-order chi connectivity index (χ1) is 16.3. The van der Waals surface area contributed by atoms with Crippen molar-refractivity contribution in [2.45, 2.75) is 30.3 Å². The van der Waals surface area contributed by atoms with Crippen LogP contribution in [-0.2, 0) is 14.3 Å². The number of hydrogen-bond donors (Lipinski definition) is 2. The molecule has 1 atom stereocenters. The second-order valence-corrected chi connectivity index (χ2v) is 9.84. The Kier molecular flexibility index (Phi) is 5.56. The molecule has 8 nitrogen and oxygen atoms in total. The number of hydrogen-bond acceptors (Lipinski definition) is 5. The highest BCUT2D eigenvalue weighted by molar-refractivity contribution is 5.93. The average Bonchev–Trinajstić information content (AvgIpc) is 3.45. The van der Waals surface area contributed by atoms with Gasteiger partial charge < -0.3 is 25.0 Å². The lowest BCUT2D eigenvalue weighted by Crippen LogP contribution is -2.60. The van der Waals surface area contributed by atoms with Gasteiger partial charge >= 0.3 is 12.1 Å². The summed E-state index contributed by atoms with van der Waals surface area (Å²) in [6.07, 6.45) is 0.277. The van der Waals surface area contributed by atoms with Crippen molar-refractivity contribution in [3.8, 4) is 11.1 Å². The summed E-state index contributed by atoms with van der Waals surface area (Å²) in [5.74, 6) is -1.21. The first kappa shape index (κ1) is 22.4. The Morgan fingerprint density at radius 2 is 1.68 bits per heavy atom. The highest BCUT2D eigenvalue weighted by Crippen LogP contribution is 2.51. The fraction of sp³-hybridized carbons (Fsp3) is 0.423. The second kappa shape index (κ2) is 8.43. The van der Waals surface area contributed by atoms with Gasteiger partial charge in [-0.15, -0.1) is 0 Å². The van der Waals surface area contributed by atoms with Gasteiger partial charge in [-0.3, -0.25) is 4.79 Å². The molecule has 8 heteroatoms. The zero-order valence-corrected chi connectivity index (χ0v) is 19.4. The van der Waals surface area contributed by atoms with Crippen molar-refractivity contribution < 1.29 is 24.2 Å². The van der Waals surface area contributed by atoms with E-state index in [4.69, 9.17) is 4.74 Å². The lowest BCUT2D eigenvalue weighted by molar-refractivity contribution is -0.159. The number of carboxylic acid groups (broad SMARTS) is 1. The summed E-state index contributed by atoms with van der Waals surface area (Å²) in [6, 6.07) is 15.3. The summed E-state index contributed by atoms with van der Waals surface area (Å²) in [5, 5.41) is 12.4. The van der Waals surface area contributed by atoms with E-state index in [1.54, 1.807) is 19.0 Å². The highest BCUT2D eigenvalue weighted by Gasteiger charge is 2.63. The zero-order chi connectivity index (χ0) is 24.0. The summed E-state index contributed by atoms with van der Waals surface area (Å²) < 4.78 is 5.62. The first-order valence-electron chi connectivity index (χ1n) is 11.6. The molecular formula is C26H29N3O5. The minimum atomic E-state index is -1.13. The molecule has 178 valence electrons. The minimum Gasteiger partial charge on any atom is -0.479 e. The molecule has 2 heterocycles. The number of aliphatic carboxylic acids is 1. The van der Waals surface area contributed by atoms with Crippen molar-refractivity contribution in [1.82, 2.24) is 15.1 Å².